The Balaban J connectivity index is 1.77. The maximum Gasteiger partial charge on any atom is 0.287 e. The van der Waals surface area contributed by atoms with Gasteiger partial charge in [0.25, 0.3) is 5.91 Å². The van der Waals surface area contributed by atoms with Crippen LogP contribution in [0.1, 0.15) is 37.3 Å². The average molecular weight is 493 g/mol. The van der Waals surface area contributed by atoms with Gasteiger partial charge in [-0.2, -0.15) is 0 Å². The van der Waals surface area contributed by atoms with E-state index in [9.17, 15) is 4.79 Å². The summed E-state index contributed by atoms with van der Waals surface area (Å²) in [6.45, 7) is 4.68. The molecule has 1 aliphatic rings. The monoisotopic (exact) mass is 491 g/mol. The second-order valence-corrected chi connectivity index (χ2v) is 9.87. The van der Waals surface area contributed by atoms with Gasteiger partial charge in [-0.3, -0.25) is 4.79 Å². The minimum absolute atomic E-state index is 0.0181. The molecule has 1 fully saturated rings. The number of halogens is 3. The predicted molar refractivity (Wildman–Crippen MR) is 130 cm³/mol. The van der Waals surface area contributed by atoms with Crippen molar-refractivity contribution in [3.8, 4) is 22.5 Å². The van der Waals surface area contributed by atoms with Gasteiger partial charge < -0.3 is 14.6 Å². The molecule has 4 rings (SSSR count). The standard InChI is InChI=1S/C24H24Cl3N3O2/c1-24(2)13-17(10-11-32-24)28-23(31)22-29-20(18-9-8-16(26)12-19(18)27)21(30(22)3)14-4-6-15(25)7-5-14/h4-9,12,17H,10-11,13H2,1-3H3,(H,28,31). The summed E-state index contributed by atoms with van der Waals surface area (Å²) in [5.41, 5.74) is 2.67. The van der Waals surface area contributed by atoms with E-state index in [0.717, 1.165) is 24.1 Å². The van der Waals surface area contributed by atoms with Crippen molar-refractivity contribution in [1.82, 2.24) is 14.9 Å². The van der Waals surface area contributed by atoms with Gasteiger partial charge in [-0.1, -0.05) is 46.9 Å². The molecule has 1 unspecified atom stereocenters. The van der Waals surface area contributed by atoms with Crippen LogP contribution in [0.15, 0.2) is 42.5 Å². The van der Waals surface area contributed by atoms with Crippen LogP contribution in [0.25, 0.3) is 22.5 Å². The summed E-state index contributed by atoms with van der Waals surface area (Å²) in [6.07, 6.45) is 1.50. The van der Waals surface area contributed by atoms with Crippen LogP contribution in [-0.4, -0.2) is 33.7 Å². The van der Waals surface area contributed by atoms with Crippen LogP contribution in [0.3, 0.4) is 0 Å². The number of hydrogen-bond acceptors (Lipinski definition) is 3. The molecule has 1 N–H and O–H groups in total. The van der Waals surface area contributed by atoms with E-state index in [1.807, 2.05) is 39.1 Å². The van der Waals surface area contributed by atoms with E-state index in [0.29, 0.717) is 38.8 Å². The fourth-order valence-corrected chi connectivity index (χ4v) is 4.74. The molecule has 1 amide bonds. The number of hydrogen-bond donors (Lipinski definition) is 1. The molecular formula is C24H24Cl3N3O2. The fourth-order valence-electron chi connectivity index (χ4n) is 4.11. The second-order valence-electron chi connectivity index (χ2n) is 8.59. The lowest BCUT2D eigenvalue weighted by Gasteiger charge is -2.35. The number of carbonyl (C=O) groups excluding carboxylic acids is 1. The van der Waals surface area contributed by atoms with Crippen LogP contribution in [0.2, 0.25) is 15.1 Å². The number of nitrogens with one attached hydrogen (secondary N) is 1. The molecular weight excluding hydrogens is 469 g/mol. The number of carbonyl (C=O) groups is 1. The van der Waals surface area contributed by atoms with Crippen molar-refractivity contribution in [1.29, 1.82) is 0 Å². The molecule has 3 aromatic rings. The number of benzene rings is 2. The molecule has 8 heteroatoms. The van der Waals surface area contributed by atoms with Gasteiger partial charge in [0, 0.05) is 40.9 Å². The van der Waals surface area contributed by atoms with Crippen molar-refractivity contribution in [2.75, 3.05) is 6.61 Å². The van der Waals surface area contributed by atoms with Gasteiger partial charge in [-0.15, -0.1) is 0 Å². The maximum absolute atomic E-state index is 13.3. The highest BCUT2D eigenvalue weighted by Crippen LogP contribution is 2.37. The highest BCUT2D eigenvalue weighted by Gasteiger charge is 2.31. The lowest BCUT2D eigenvalue weighted by atomic mass is 9.94. The Hall–Kier alpha value is -2.05. The molecule has 0 radical (unpaired) electrons. The largest absolute Gasteiger partial charge is 0.375 e. The lowest BCUT2D eigenvalue weighted by molar-refractivity contribution is -0.0616. The minimum Gasteiger partial charge on any atom is -0.375 e. The first-order valence-electron chi connectivity index (χ1n) is 10.4. The molecule has 1 saturated heterocycles. The Morgan fingerprint density at radius 3 is 2.47 bits per heavy atom. The van der Waals surface area contributed by atoms with E-state index < -0.39 is 0 Å². The first kappa shape index (κ1) is 23.1. The lowest BCUT2D eigenvalue weighted by Crippen LogP contribution is -2.46. The van der Waals surface area contributed by atoms with Gasteiger partial charge in [0.15, 0.2) is 5.82 Å². The van der Waals surface area contributed by atoms with E-state index in [1.54, 1.807) is 28.8 Å². The van der Waals surface area contributed by atoms with Crippen LogP contribution in [0, 0.1) is 0 Å². The summed E-state index contributed by atoms with van der Waals surface area (Å²) in [7, 11) is 1.83. The summed E-state index contributed by atoms with van der Waals surface area (Å²) in [4.78, 5) is 18.0. The zero-order chi connectivity index (χ0) is 23.0. The molecule has 0 spiro atoms. The molecule has 0 saturated carbocycles. The predicted octanol–water partition coefficient (Wildman–Crippen LogP) is 6.40. The third kappa shape index (κ3) is 4.81. The van der Waals surface area contributed by atoms with Crippen molar-refractivity contribution >= 4 is 40.7 Å². The number of aromatic nitrogens is 2. The van der Waals surface area contributed by atoms with Gasteiger partial charge in [0.1, 0.15) is 0 Å². The first-order chi connectivity index (χ1) is 15.1. The van der Waals surface area contributed by atoms with Crippen molar-refractivity contribution in [3.05, 3.63) is 63.4 Å². The van der Waals surface area contributed by atoms with E-state index in [4.69, 9.17) is 44.5 Å². The zero-order valence-corrected chi connectivity index (χ0v) is 20.4. The van der Waals surface area contributed by atoms with Crippen molar-refractivity contribution in [2.24, 2.45) is 7.05 Å². The Bertz CT molecular complexity index is 1160. The minimum atomic E-state index is -0.270. The summed E-state index contributed by atoms with van der Waals surface area (Å²) in [6, 6.07) is 12.7. The highest BCUT2D eigenvalue weighted by molar-refractivity contribution is 6.36. The Kier molecular flexibility index (Phi) is 6.55. The fraction of sp³-hybridized carbons (Fsp3) is 0.333. The summed E-state index contributed by atoms with van der Waals surface area (Å²) in [5.74, 6) is 0.0713. The average Bonchev–Trinajstić information content (AvgIpc) is 3.05. The molecule has 2 aromatic carbocycles. The molecule has 2 heterocycles. The molecule has 32 heavy (non-hydrogen) atoms. The number of rotatable bonds is 4. The molecule has 168 valence electrons. The van der Waals surface area contributed by atoms with Crippen LogP contribution < -0.4 is 5.32 Å². The third-order valence-corrected chi connectivity index (χ3v) is 6.43. The molecule has 5 nitrogen and oxygen atoms in total. The van der Waals surface area contributed by atoms with Crippen molar-refractivity contribution in [2.45, 2.75) is 38.3 Å². The van der Waals surface area contributed by atoms with Gasteiger partial charge >= 0.3 is 0 Å². The van der Waals surface area contributed by atoms with Gasteiger partial charge in [-0.05, 0) is 57.0 Å². The van der Waals surface area contributed by atoms with Gasteiger partial charge in [-0.25, -0.2) is 4.98 Å². The van der Waals surface area contributed by atoms with Gasteiger partial charge in [0.05, 0.1) is 22.0 Å². The molecule has 1 aliphatic heterocycles. The van der Waals surface area contributed by atoms with E-state index >= 15 is 0 Å². The van der Waals surface area contributed by atoms with Crippen LogP contribution >= 0.6 is 34.8 Å². The van der Waals surface area contributed by atoms with E-state index in [-0.39, 0.29) is 17.6 Å². The van der Waals surface area contributed by atoms with Crippen molar-refractivity contribution in [3.63, 3.8) is 0 Å². The van der Waals surface area contributed by atoms with Crippen LogP contribution in [-0.2, 0) is 11.8 Å². The molecule has 0 aliphatic carbocycles. The molecule has 1 atom stereocenters. The van der Waals surface area contributed by atoms with Crippen LogP contribution in [0.4, 0.5) is 0 Å². The smallest absolute Gasteiger partial charge is 0.287 e. The third-order valence-electron chi connectivity index (χ3n) is 5.63. The Morgan fingerprint density at radius 2 is 1.81 bits per heavy atom. The van der Waals surface area contributed by atoms with E-state index in [2.05, 4.69) is 5.32 Å². The normalized spacial score (nSPS) is 17.9. The maximum atomic E-state index is 13.3. The number of amides is 1. The molecule has 1 aromatic heterocycles. The topological polar surface area (TPSA) is 56.2 Å². The quantitative estimate of drug-likeness (QED) is 0.458. The van der Waals surface area contributed by atoms with Crippen molar-refractivity contribution < 1.29 is 9.53 Å². The van der Waals surface area contributed by atoms with Gasteiger partial charge in [0.2, 0.25) is 0 Å². The summed E-state index contributed by atoms with van der Waals surface area (Å²) < 4.78 is 7.56. The Morgan fingerprint density at radius 1 is 1.12 bits per heavy atom. The SMILES string of the molecule is Cn1c(C(=O)NC2CCOC(C)(C)C2)nc(-c2ccc(Cl)cc2Cl)c1-c1ccc(Cl)cc1. The number of imidazole rings is 1. The zero-order valence-electron chi connectivity index (χ0n) is 18.1. The second kappa shape index (κ2) is 9.06. The van der Waals surface area contributed by atoms with Crippen LogP contribution in [0.5, 0.6) is 0 Å². The number of nitrogens with zero attached hydrogens (tertiary/aromatic N) is 2. The Labute approximate surface area is 202 Å². The highest BCUT2D eigenvalue weighted by atomic mass is 35.5. The van der Waals surface area contributed by atoms with E-state index in [1.165, 1.54) is 0 Å². The number of ether oxygens (including phenoxy) is 1. The first-order valence-corrected chi connectivity index (χ1v) is 11.5. The summed E-state index contributed by atoms with van der Waals surface area (Å²) in [5, 5.41) is 4.75. The summed E-state index contributed by atoms with van der Waals surface area (Å²) >= 11 is 18.7. The molecule has 0 bridgehead atoms.